The van der Waals surface area contributed by atoms with Crippen LogP contribution in [0, 0.1) is 0 Å². The molecule has 0 unspecified atom stereocenters. The van der Waals surface area contributed by atoms with E-state index in [1.807, 2.05) is 42.5 Å². The molecule has 4 rings (SSSR count). The van der Waals surface area contributed by atoms with E-state index in [4.69, 9.17) is 0 Å². The average Bonchev–Trinajstić information content (AvgIpc) is 3.13. The summed E-state index contributed by atoms with van der Waals surface area (Å²) in [5.41, 5.74) is 3.08. The number of carbonyl (C=O) groups excluding carboxylic acids is 1. The van der Waals surface area contributed by atoms with E-state index in [-0.39, 0.29) is 5.91 Å². The highest BCUT2D eigenvalue weighted by Gasteiger charge is 2.17. The zero-order chi connectivity index (χ0) is 18.5. The van der Waals surface area contributed by atoms with E-state index in [1.165, 1.54) is 12.0 Å². The Morgan fingerprint density at radius 3 is 2.81 bits per heavy atom. The maximum atomic E-state index is 12.3. The first-order valence-corrected chi connectivity index (χ1v) is 9.66. The Morgan fingerprint density at radius 2 is 1.93 bits per heavy atom. The van der Waals surface area contributed by atoms with Crippen molar-refractivity contribution >= 4 is 11.6 Å². The van der Waals surface area contributed by atoms with Gasteiger partial charge in [-0.15, -0.1) is 10.2 Å². The third-order valence-corrected chi connectivity index (χ3v) is 4.98. The minimum absolute atomic E-state index is 0.0475. The van der Waals surface area contributed by atoms with Crippen molar-refractivity contribution in [3.8, 4) is 11.4 Å². The van der Waals surface area contributed by atoms with Crippen molar-refractivity contribution in [2.45, 2.75) is 45.1 Å². The van der Waals surface area contributed by atoms with Gasteiger partial charge in [0.25, 0.3) is 0 Å². The van der Waals surface area contributed by atoms with E-state index in [0.717, 1.165) is 55.1 Å². The van der Waals surface area contributed by atoms with Crippen molar-refractivity contribution in [1.82, 2.24) is 14.8 Å². The van der Waals surface area contributed by atoms with Crippen molar-refractivity contribution < 1.29 is 4.79 Å². The third-order valence-electron chi connectivity index (χ3n) is 4.98. The quantitative estimate of drug-likeness (QED) is 0.715. The monoisotopic (exact) mass is 360 g/mol. The molecule has 1 amide bonds. The molecule has 2 aromatic carbocycles. The summed E-state index contributed by atoms with van der Waals surface area (Å²) in [6, 6.07) is 18.2. The molecule has 1 N–H and O–H groups in total. The first-order chi connectivity index (χ1) is 13.3. The topological polar surface area (TPSA) is 59.8 Å². The van der Waals surface area contributed by atoms with Crippen LogP contribution in [0.25, 0.3) is 11.4 Å². The van der Waals surface area contributed by atoms with Crippen molar-refractivity contribution in [2.75, 3.05) is 5.32 Å². The molecule has 0 radical (unpaired) electrons. The van der Waals surface area contributed by atoms with Crippen molar-refractivity contribution in [3.63, 3.8) is 0 Å². The number of nitrogens with one attached hydrogen (secondary N) is 1. The predicted molar refractivity (Wildman–Crippen MR) is 106 cm³/mol. The number of rotatable bonds is 6. The smallest absolute Gasteiger partial charge is 0.224 e. The Morgan fingerprint density at radius 1 is 1.04 bits per heavy atom. The SMILES string of the molecule is O=C(CCCc1ccccc1)Nc1cccc(-c2nnc3n2CCCC3)c1. The van der Waals surface area contributed by atoms with Crippen LogP contribution in [0.4, 0.5) is 5.69 Å². The third kappa shape index (κ3) is 4.25. The van der Waals surface area contributed by atoms with Crippen molar-refractivity contribution in [1.29, 1.82) is 0 Å². The second kappa shape index (κ2) is 8.16. The van der Waals surface area contributed by atoms with Gasteiger partial charge in [-0.1, -0.05) is 42.5 Å². The number of carbonyl (C=O) groups is 1. The molecule has 0 saturated carbocycles. The van der Waals surface area contributed by atoms with Gasteiger partial charge in [0, 0.05) is 30.6 Å². The number of aryl methyl sites for hydroxylation is 2. The van der Waals surface area contributed by atoms with Crippen LogP contribution in [0.5, 0.6) is 0 Å². The summed E-state index contributed by atoms with van der Waals surface area (Å²) in [5.74, 6) is 2.00. The van der Waals surface area contributed by atoms with E-state index < -0.39 is 0 Å². The molecule has 1 aliphatic rings. The zero-order valence-corrected chi connectivity index (χ0v) is 15.4. The van der Waals surface area contributed by atoms with Crippen LogP contribution >= 0.6 is 0 Å². The molecule has 5 heteroatoms. The van der Waals surface area contributed by atoms with E-state index in [1.54, 1.807) is 0 Å². The lowest BCUT2D eigenvalue weighted by atomic mass is 10.1. The summed E-state index contributed by atoms with van der Waals surface area (Å²) in [6.45, 7) is 0.966. The minimum atomic E-state index is 0.0475. The number of amides is 1. The van der Waals surface area contributed by atoms with Gasteiger partial charge < -0.3 is 9.88 Å². The molecule has 0 bridgehead atoms. The van der Waals surface area contributed by atoms with Crippen molar-refractivity contribution in [2.24, 2.45) is 0 Å². The number of benzene rings is 2. The first kappa shape index (κ1) is 17.5. The van der Waals surface area contributed by atoms with Crippen LogP contribution in [-0.4, -0.2) is 20.7 Å². The van der Waals surface area contributed by atoms with E-state index >= 15 is 0 Å². The number of aromatic nitrogens is 3. The van der Waals surface area contributed by atoms with Crippen LogP contribution in [0.2, 0.25) is 0 Å². The second-order valence-electron chi connectivity index (χ2n) is 7.02. The molecule has 3 aromatic rings. The fraction of sp³-hybridized carbons (Fsp3) is 0.318. The summed E-state index contributed by atoms with van der Waals surface area (Å²) < 4.78 is 2.20. The Bertz CT molecular complexity index is 917. The maximum Gasteiger partial charge on any atom is 0.224 e. The van der Waals surface area contributed by atoms with Crippen LogP contribution < -0.4 is 5.32 Å². The Balaban J connectivity index is 1.38. The molecule has 27 heavy (non-hydrogen) atoms. The van der Waals surface area contributed by atoms with Crippen molar-refractivity contribution in [3.05, 3.63) is 66.0 Å². The fourth-order valence-electron chi connectivity index (χ4n) is 3.58. The summed E-state index contributed by atoms with van der Waals surface area (Å²) in [7, 11) is 0. The van der Waals surface area contributed by atoms with Gasteiger partial charge >= 0.3 is 0 Å². The highest BCUT2D eigenvalue weighted by atomic mass is 16.1. The lowest BCUT2D eigenvalue weighted by molar-refractivity contribution is -0.116. The van der Waals surface area contributed by atoms with Gasteiger partial charge in [-0.3, -0.25) is 4.79 Å². The van der Waals surface area contributed by atoms with Crippen LogP contribution in [0.3, 0.4) is 0 Å². The summed E-state index contributed by atoms with van der Waals surface area (Å²) in [4.78, 5) is 12.3. The summed E-state index contributed by atoms with van der Waals surface area (Å²) >= 11 is 0. The van der Waals surface area contributed by atoms with Gasteiger partial charge in [0.1, 0.15) is 5.82 Å². The zero-order valence-electron chi connectivity index (χ0n) is 15.4. The largest absolute Gasteiger partial charge is 0.326 e. The molecular formula is C22H24N4O. The van der Waals surface area contributed by atoms with E-state index in [9.17, 15) is 4.79 Å². The van der Waals surface area contributed by atoms with E-state index in [2.05, 4.69) is 32.2 Å². The van der Waals surface area contributed by atoms with Gasteiger partial charge in [0.2, 0.25) is 5.91 Å². The lowest BCUT2D eigenvalue weighted by Crippen LogP contribution is -2.12. The van der Waals surface area contributed by atoms with Crippen LogP contribution in [0.1, 0.15) is 37.1 Å². The highest BCUT2D eigenvalue weighted by molar-refractivity contribution is 5.91. The molecule has 0 fully saturated rings. The Kier molecular flexibility index (Phi) is 5.28. The van der Waals surface area contributed by atoms with Gasteiger partial charge in [-0.25, -0.2) is 0 Å². The molecule has 0 aliphatic carbocycles. The molecule has 1 aromatic heterocycles. The number of hydrogen-bond donors (Lipinski definition) is 1. The molecule has 0 atom stereocenters. The van der Waals surface area contributed by atoms with Gasteiger partial charge in [-0.2, -0.15) is 0 Å². The number of nitrogens with zero attached hydrogens (tertiary/aromatic N) is 3. The number of anilines is 1. The lowest BCUT2D eigenvalue weighted by Gasteiger charge is -2.15. The molecule has 0 saturated heterocycles. The normalized spacial score (nSPS) is 13.2. The number of hydrogen-bond acceptors (Lipinski definition) is 3. The second-order valence-corrected chi connectivity index (χ2v) is 7.02. The standard InChI is InChI=1S/C22H24N4O/c27-21(14-6-10-17-8-2-1-3-9-17)23-19-12-7-11-18(16-19)22-25-24-20-13-4-5-15-26(20)22/h1-3,7-9,11-12,16H,4-6,10,13-15H2,(H,23,27). The molecular weight excluding hydrogens is 336 g/mol. The molecule has 2 heterocycles. The predicted octanol–water partition coefficient (Wildman–Crippen LogP) is 4.24. The first-order valence-electron chi connectivity index (χ1n) is 9.66. The minimum Gasteiger partial charge on any atom is -0.326 e. The maximum absolute atomic E-state index is 12.3. The summed E-state index contributed by atoms with van der Waals surface area (Å²) in [6.07, 6.45) is 5.60. The fourth-order valence-corrected chi connectivity index (χ4v) is 3.58. The van der Waals surface area contributed by atoms with E-state index in [0.29, 0.717) is 6.42 Å². The van der Waals surface area contributed by atoms with Gasteiger partial charge in [0.15, 0.2) is 5.82 Å². The van der Waals surface area contributed by atoms with Crippen LogP contribution in [0.15, 0.2) is 54.6 Å². The van der Waals surface area contributed by atoms with Crippen LogP contribution in [-0.2, 0) is 24.2 Å². The molecule has 0 spiro atoms. The molecule has 1 aliphatic heterocycles. The number of fused-ring (bicyclic) bond motifs is 1. The molecule has 138 valence electrons. The van der Waals surface area contributed by atoms with Gasteiger partial charge in [-0.05, 0) is 43.4 Å². The Labute approximate surface area is 159 Å². The average molecular weight is 360 g/mol. The van der Waals surface area contributed by atoms with Gasteiger partial charge in [0.05, 0.1) is 0 Å². The molecule has 5 nitrogen and oxygen atoms in total. The summed E-state index contributed by atoms with van der Waals surface area (Å²) in [5, 5.41) is 11.7. The Hall–Kier alpha value is -2.95. The highest BCUT2D eigenvalue weighted by Crippen LogP contribution is 2.25.